The number of nitrogens with one attached hydrogen (secondary N) is 1. The number of rotatable bonds is 5. The fourth-order valence-electron chi connectivity index (χ4n) is 2.45. The zero-order valence-corrected chi connectivity index (χ0v) is 10.6. The molecule has 2 amide bonds. The van der Waals surface area contributed by atoms with Crippen LogP contribution in [-0.2, 0) is 9.59 Å². The van der Waals surface area contributed by atoms with Crippen molar-refractivity contribution >= 4 is 11.8 Å². The number of likely N-dealkylation sites (tertiary alicyclic amines) is 1. The standard InChI is InChI=1S/C13H22N2O2/c1-2-3-6-14-12(16)10-9-11(10)13(17)15-7-4-5-8-15/h10-11H,2-9H2,1H3,(H,14,16). The molecule has 4 nitrogen and oxygen atoms in total. The summed E-state index contributed by atoms with van der Waals surface area (Å²) in [5.41, 5.74) is 0. The quantitative estimate of drug-likeness (QED) is 0.731. The van der Waals surface area contributed by atoms with Gasteiger partial charge in [-0.2, -0.15) is 0 Å². The second kappa shape index (κ2) is 5.52. The molecule has 17 heavy (non-hydrogen) atoms. The highest BCUT2D eigenvalue weighted by Gasteiger charge is 2.49. The maximum Gasteiger partial charge on any atom is 0.226 e. The van der Waals surface area contributed by atoms with Crippen LogP contribution < -0.4 is 5.32 Å². The van der Waals surface area contributed by atoms with E-state index in [4.69, 9.17) is 0 Å². The van der Waals surface area contributed by atoms with Gasteiger partial charge >= 0.3 is 0 Å². The molecule has 2 atom stereocenters. The lowest BCUT2D eigenvalue weighted by Crippen LogP contribution is -2.32. The van der Waals surface area contributed by atoms with Crippen molar-refractivity contribution in [1.82, 2.24) is 10.2 Å². The fourth-order valence-corrected chi connectivity index (χ4v) is 2.45. The lowest BCUT2D eigenvalue weighted by atomic mass is 10.2. The molecule has 96 valence electrons. The Kier molecular flexibility index (Phi) is 4.02. The summed E-state index contributed by atoms with van der Waals surface area (Å²) >= 11 is 0. The van der Waals surface area contributed by atoms with Crippen molar-refractivity contribution in [2.75, 3.05) is 19.6 Å². The SMILES string of the molecule is CCCCNC(=O)C1CC1C(=O)N1CCCC1. The highest BCUT2D eigenvalue weighted by atomic mass is 16.2. The Hall–Kier alpha value is -1.06. The van der Waals surface area contributed by atoms with Crippen LogP contribution in [-0.4, -0.2) is 36.3 Å². The first-order valence-electron chi connectivity index (χ1n) is 6.80. The number of amides is 2. The Morgan fingerprint density at radius 3 is 2.59 bits per heavy atom. The summed E-state index contributed by atoms with van der Waals surface area (Å²) in [6.45, 7) is 4.62. The van der Waals surface area contributed by atoms with E-state index < -0.39 is 0 Å². The minimum Gasteiger partial charge on any atom is -0.356 e. The van der Waals surface area contributed by atoms with Crippen molar-refractivity contribution in [2.45, 2.75) is 39.0 Å². The molecule has 0 radical (unpaired) electrons. The van der Waals surface area contributed by atoms with E-state index in [-0.39, 0.29) is 23.7 Å². The molecule has 2 fully saturated rings. The van der Waals surface area contributed by atoms with E-state index in [1.54, 1.807) is 0 Å². The van der Waals surface area contributed by atoms with Crippen LogP contribution in [0.1, 0.15) is 39.0 Å². The minimum absolute atomic E-state index is 0.0188. The number of carbonyl (C=O) groups is 2. The summed E-state index contributed by atoms with van der Waals surface area (Å²) in [5, 5.41) is 2.91. The second-order valence-corrected chi connectivity index (χ2v) is 5.13. The van der Waals surface area contributed by atoms with Crippen LogP contribution in [0.5, 0.6) is 0 Å². The molecule has 1 aliphatic heterocycles. The van der Waals surface area contributed by atoms with Crippen molar-refractivity contribution in [3.63, 3.8) is 0 Å². The third-order valence-corrected chi connectivity index (χ3v) is 3.69. The van der Waals surface area contributed by atoms with Crippen molar-refractivity contribution in [3.8, 4) is 0 Å². The fraction of sp³-hybridized carbons (Fsp3) is 0.846. The van der Waals surface area contributed by atoms with Gasteiger partial charge in [0.15, 0.2) is 0 Å². The number of carbonyl (C=O) groups excluding carboxylic acids is 2. The summed E-state index contributed by atoms with van der Waals surface area (Å²) in [5.74, 6) is 0.226. The van der Waals surface area contributed by atoms with E-state index >= 15 is 0 Å². The summed E-state index contributed by atoms with van der Waals surface area (Å²) < 4.78 is 0. The molecule has 1 heterocycles. The van der Waals surface area contributed by atoms with Gasteiger partial charge in [0.05, 0.1) is 11.8 Å². The maximum atomic E-state index is 12.0. The molecule has 0 aromatic carbocycles. The van der Waals surface area contributed by atoms with Crippen LogP contribution in [0.3, 0.4) is 0 Å². The Morgan fingerprint density at radius 2 is 1.94 bits per heavy atom. The van der Waals surface area contributed by atoms with E-state index in [1.807, 2.05) is 4.90 Å². The molecule has 1 saturated carbocycles. The van der Waals surface area contributed by atoms with Crippen molar-refractivity contribution < 1.29 is 9.59 Å². The predicted molar refractivity (Wildman–Crippen MR) is 65.3 cm³/mol. The molecule has 1 aliphatic carbocycles. The maximum absolute atomic E-state index is 12.0. The highest BCUT2D eigenvalue weighted by molar-refractivity contribution is 5.92. The zero-order chi connectivity index (χ0) is 12.3. The largest absolute Gasteiger partial charge is 0.356 e. The molecular weight excluding hydrogens is 216 g/mol. The topological polar surface area (TPSA) is 49.4 Å². The summed E-state index contributed by atoms with van der Waals surface area (Å²) in [6, 6.07) is 0. The smallest absolute Gasteiger partial charge is 0.226 e. The molecule has 2 rings (SSSR count). The van der Waals surface area contributed by atoms with Gasteiger partial charge in [-0.25, -0.2) is 0 Å². The molecule has 0 aromatic rings. The summed E-state index contributed by atoms with van der Waals surface area (Å²) in [4.78, 5) is 25.6. The van der Waals surface area contributed by atoms with E-state index in [0.29, 0.717) is 0 Å². The van der Waals surface area contributed by atoms with Gasteiger partial charge in [0.25, 0.3) is 0 Å². The first kappa shape index (κ1) is 12.4. The van der Waals surface area contributed by atoms with Crippen molar-refractivity contribution in [1.29, 1.82) is 0 Å². The van der Waals surface area contributed by atoms with Crippen LogP contribution in [0, 0.1) is 11.8 Å². The van der Waals surface area contributed by atoms with Crippen LogP contribution in [0.4, 0.5) is 0 Å². The first-order valence-corrected chi connectivity index (χ1v) is 6.80. The highest BCUT2D eigenvalue weighted by Crippen LogP contribution is 2.40. The van der Waals surface area contributed by atoms with Crippen LogP contribution in [0.25, 0.3) is 0 Å². The molecule has 2 unspecified atom stereocenters. The van der Waals surface area contributed by atoms with Crippen LogP contribution >= 0.6 is 0 Å². The van der Waals surface area contributed by atoms with Gasteiger partial charge in [-0.15, -0.1) is 0 Å². The lowest BCUT2D eigenvalue weighted by molar-refractivity contribution is -0.133. The molecule has 4 heteroatoms. The Labute approximate surface area is 103 Å². The van der Waals surface area contributed by atoms with Gasteiger partial charge in [-0.1, -0.05) is 13.3 Å². The zero-order valence-electron chi connectivity index (χ0n) is 10.6. The monoisotopic (exact) mass is 238 g/mol. The molecule has 1 saturated heterocycles. The van der Waals surface area contributed by atoms with E-state index in [1.165, 1.54) is 0 Å². The number of nitrogens with zero attached hydrogens (tertiary/aromatic N) is 1. The molecule has 0 aromatic heterocycles. The number of hydrogen-bond acceptors (Lipinski definition) is 2. The lowest BCUT2D eigenvalue weighted by Gasteiger charge is -2.14. The van der Waals surface area contributed by atoms with Crippen LogP contribution in [0.2, 0.25) is 0 Å². The van der Waals surface area contributed by atoms with Gasteiger partial charge in [0, 0.05) is 19.6 Å². The first-order chi connectivity index (χ1) is 8.24. The van der Waals surface area contributed by atoms with E-state index in [2.05, 4.69) is 12.2 Å². The van der Waals surface area contributed by atoms with Gasteiger partial charge in [-0.3, -0.25) is 9.59 Å². The van der Waals surface area contributed by atoms with E-state index in [0.717, 1.165) is 51.7 Å². The molecular formula is C13H22N2O2. The number of hydrogen-bond donors (Lipinski definition) is 1. The summed E-state index contributed by atoms with van der Waals surface area (Å²) in [6.07, 6.45) is 5.09. The van der Waals surface area contributed by atoms with Gasteiger partial charge < -0.3 is 10.2 Å². The van der Waals surface area contributed by atoms with Gasteiger partial charge in [0.2, 0.25) is 11.8 Å². The second-order valence-electron chi connectivity index (χ2n) is 5.13. The van der Waals surface area contributed by atoms with Gasteiger partial charge in [0.1, 0.15) is 0 Å². The molecule has 0 bridgehead atoms. The molecule has 0 spiro atoms. The van der Waals surface area contributed by atoms with Gasteiger partial charge in [-0.05, 0) is 25.7 Å². The molecule has 1 N–H and O–H groups in total. The third-order valence-electron chi connectivity index (χ3n) is 3.69. The normalized spacial score (nSPS) is 27.0. The van der Waals surface area contributed by atoms with Crippen LogP contribution in [0.15, 0.2) is 0 Å². The summed E-state index contributed by atoms with van der Waals surface area (Å²) in [7, 11) is 0. The average molecular weight is 238 g/mol. The number of unbranched alkanes of at least 4 members (excludes halogenated alkanes) is 1. The average Bonchev–Trinajstić information content (AvgIpc) is 2.94. The molecule has 2 aliphatic rings. The Morgan fingerprint density at radius 1 is 1.24 bits per heavy atom. The minimum atomic E-state index is -0.0417. The predicted octanol–water partition coefficient (Wildman–Crippen LogP) is 1.16. The van der Waals surface area contributed by atoms with E-state index in [9.17, 15) is 9.59 Å². The Balaban J connectivity index is 1.71. The van der Waals surface area contributed by atoms with Crippen molar-refractivity contribution in [3.05, 3.63) is 0 Å². The third kappa shape index (κ3) is 2.99. The Bertz CT molecular complexity index is 298. The van der Waals surface area contributed by atoms with Crippen molar-refractivity contribution in [2.24, 2.45) is 11.8 Å².